The summed E-state index contributed by atoms with van der Waals surface area (Å²) in [5.41, 5.74) is 13.7. The lowest BCUT2D eigenvalue weighted by molar-refractivity contribution is 0.499. The van der Waals surface area contributed by atoms with Crippen LogP contribution in [0.15, 0.2) is 111 Å². The zero-order valence-corrected chi connectivity index (χ0v) is 26.3. The zero-order valence-electron chi connectivity index (χ0n) is 26.3. The van der Waals surface area contributed by atoms with E-state index < -0.39 is 0 Å². The van der Waals surface area contributed by atoms with E-state index in [2.05, 4.69) is 99.4 Å². The lowest BCUT2D eigenvalue weighted by Crippen LogP contribution is -2.04. The minimum absolute atomic E-state index is 0.576. The smallest absolute Gasteiger partial charge is 0.177 e. The van der Waals surface area contributed by atoms with Gasteiger partial charge in [0.05, 0.1) is 17.0 Å². The van der Waals surface area contributed by atoms with E-state index in [1.165, 1.54) is 0 Å². The quantitative estimate of drug-likeness (QED) is 0.204. The molecule has 45 heavy (non-hydrogen) atoms. The van der Waals surface area contributed by atoms with Gasteiger partial charge in [-0.05, 0) is 93.1 Å². The van der Waals surface area contributed by atoms with Crippen LogP contribution >= 0.6 is 0 Å². The van der Waals surface area contributed by atoms with Gasteiger partial charge in [0.15, 0.2) is 5.76 Å². The van der Waals surface area contributed by atoms with Crippen LogP contribution in [0.25, 0.3) is 50.0 Å². The summed E-state index contributed by atoms with van der Waals surface area (Å²) in [6.45, 7) is 12.1. The lowest BCUT2D eigenvalue weighted by Gasteiger charge is -2.18. The van der Waals surface area contributed by atoms with Crippen molar-refractivity contribution in [3.8, 4) is 34.1 Å². The Kier molecular flexibility index (Phi) is 6.79. The first kappa shape index (κ1) is 28.2. The number of furan rings is 1. The number of nitrogens with one attached hydrogen (secondary N) is 1. The van der Waals surface area contributed by atoms with E-state index in [-0.39, 0.29) is 0 Å². The van der Waals surface area contributed by atoms with Gasteiger partial charge < -0.3 is 14.1 Å². The fourth-order valence-electron chi connectivity index (χ4n) is 6.64. The highest BCUT2D eigenvalue weighted by Gasteiger charge is 2.28. The molecule has 0 spiro atoms. The number of allylic oxidation sites excluding steroid dienone is 2. The molecule has 0 unspecified atom stereocenters. The van der Waals surface area contributed by atoms with Crippen molar-refractivity contribution in [3.63, 3.8) is 0 Å². The number of nitrogens with zero attached hydrogens (tertiary/aromatic N) is 2. The largest absolute Gasteiger partial charge is 0.455 e. The molecule has 0 amide bonds. The maximum absolute atomic E-state index is 9.94. The van der Waals surface area contributed by atoms with Gasteiger partial charge in [-0.1, -0.05) is 66.7 Å². The Morgan fingerprint density at radius 2 is 1.49 bits per heavy atom. The second-order valence-electron chi connectivity index (χ2n) is 11.8. The van der Waals surface area contributed by atoms with E-state index in [9.17, 15) is 5.26 Å². The summed E-state index contributed by atoms with van der Waals surface area (Å²) in [5, 5.41) is 12.1. The van der Waals surface area contributed by atoms with Gasteiger partial charge in [-0.3, -0.25) is 0 Å². The number of rotatable bonds is 5. The molecule has 5 nitrogen and oxygen atoms in total. The molecule has 0 radical (unpaired) electrons. The molecule has 3 heterocycles. The van der Waals surface area contributed by atoms with E-state index >= 15 is 0 Å². The van der Waals surface area contributed by atoms with E-state index in [4.69, 9.17) is 14.1 Å². The number of nitriles is 1. The number of para-hydroxylation sites is 2. The molecular weight excluding hydrogens is 554 g/mol. The predicted molar refractivity (Wildman–Crippen MR) is 183 cm³/mol. The van der Waals surface area contributed by atoms with Crippen LogP contribution in [0.2, 0.25) is 0 Å². The number of hydrogen-bond donors (Lipinski definition) is 1. The minimum Gasteiger partial charge on any atom is -0.455 e. The van der Waals surface area contributed by atoms with Crippen LogP contribution < -0.4 is 4.74 Å². The number of ether oxygens (including phenoxy) is 1. The Hall–Kier alpha value is -5.60. The summed E-state index contributed by atoms with van der Waals surface area (Å²) >= 11 is 0. The molecule has 220 valence electrons. The summed E-state index contributed by atoms with van der Waals surface area (Å²) in [4.78, 5) is 8.54. The van der Waals surface area contributed by atoms with Crippen LogP contribution in [0.1, 0.15) is 41.9 Å². The Balaban J connectivity index is 1.42. The number of aromatic amines is 1. The molecule has 1 N–H and O–H groups in total. The van der Waals surface area contributed by atoms with Crippen molar-refractivity contribution in [2.75, 3.05) is 0 Å². The molecule has 2 aromatic heterocycles. The normalized spacial score (nSPS) is 14.3. The van der Waals surface area contributed by atoms with E-state index in [1.54, 1.807) is 0 Å². The molecular formula is C40H33N3O2. The van der Waals surface area contributed by atoms with E-state index in [0.29, 0.717) is 22.7 Å². The number of aliphatic imine (C=N–C) groups is 1. The topological polar surface area (TPSA) is 74.3 Å². The average molecular weight is 588 g/mol. The number of H-pyrrole nitrogens is 1. The van der Waals surface area contributed by atoms with Crippen molar-refractivity contribution in [1.82, 2.24) is 4.98 Å². The molecule has 4 aromatic carbocycles. The van der Waals surface area contributed by atoms with Gasteiger partial charge in [0.2, 0.25) is 0 Å². The van der Waals surface area contributed by atoms with Gasteiger partial charge in [-0.25, -0.2) is 4.99 Å². The third-order valence-corrected chi connectivity index (χ3v) is 8.81. The third-order valence-electron chi connectivity index (χ3n) is 8.81. The fraction of sp³-hybridized carbons (Fsp3) is 0.150. The molecule has 0 bridgehead atoms. The van der Waals surface area contributed by atoms with Crippen molar-refractivity contribution < 1.29 is 9.15 Å². The van der Waals surface area contributed by atoms with Crippen LogP contribution in [-0.2, 0) is 0 Å². The molecule has 1 aliphatic heterocycles. The van der Waals surface area contributed by atoms with Crippen LogP contribution in [0.5, 0.6) is 5.75 Å². The maximum Gasteiger partial charge on any atom is 0.177 e. The van der Waals surface area contributed by atoms with Crippen molar-refractivity contribution in [2.24, 2.45) is 4.99 Å². The molecule has 0 saturated carbocycles. The molecule has 0 aliphatic carbocycles. The number of aromatic nitrogens is 1. The van der Waals surface area contributed by atoms with Crippen LogP contribution in [0.4, 0.5) is 0 Å². The zero-order chi connectivity index (χ0) is 31.4. The van der Waals surface area contributed by atoms with Gasteiger partial charge in [0, 0.05) is 27.6 Å². The average Bonchev–Trinajstić information content (AvgIpc) is 3.66. The Labute approximate surface area is 262 Å². The molecule has 1 aliphatic rings. The van der Waals surface area contributed by atoms with Gasteiger partial charge in [-0.15, -0.1) is 0 Å². The number of benzene rings is 4. The highest BCUT2D eigenvalue weighted by molar-refractivity contribution is 6.10. The number of hydrogen-bond acceptors (Lipinski definition) is 4. The first-order valence-electron chi connectivity index (χ1n) is 15.1. The predicted octanol–water partition coefficient (Wildman–Crippen LogP) is 10.5. The van der Waals surface area contributed by atoms with E-state index in [0.717, 1.165) is 83.6 Å². The lowest BCUT2D eigenvalue weighted by atomic mass is 9.97. The van der Waals surface area contributed by atoms with Crippen molar-refractivity contribution in [1.29, 1.82) is 5.26 Å². The summed E-state index contributed by atoms with van der Waals surface area (Å²) in [7, 11) is 0. The summed E-state index contributed by atoms with van der Waals surface area (Å²) in [6, 6.07) is 31.5. The second-order valence-corrected chi connectivity index (χ2v) is 11.8. The molecule has 6 aromatic rings. The first-order chi connectivity index (χ1) is 21.8. The van der Waals surface area contributed by atoms with Crippen molar-refractivity contribution in [3.05, 3.63) is 130 Å². The van der Waals surface area contributed by atoms with Gasteiger partial charge >= 0.3 is 0 Å². The molecule has 0 saturated heterocycles. The number of aryl methyl sites for hydroxylation is 3. The van der Waals surface area contributed by atoms with Gasteiger partial charge in [0.25, 0.3) is 0 Å². The first-order valence-corrected chi connectivity index (χ1v) is 15.1. The summed E-state index contributed by atoms with van der Waals surface area (Å²) in [6.07, 6.45) is 0. The standard InChI is InChI=1S/C40H33N3O2/c1-22-19-29(28-13-8-7-9-14-28)20-23(2)38(22)45-40(36-24(3)33(21-41)26(5)42-36)37-25(4)35(27(6)43-37)32-17-12-16-31-30-15-10-11-18-34(30)44-39(31)32/h7-20,43H,1-6H3/b40-36+. The third kappa shape index (κ3) is 4.58. The van der Waals surface area contributed by atoms with Gasteiger partial charge in [0.1, 0.15) is 28.7 Å². The monoisotopic (exact) mass is 587 g/mol. The second kappa shape index (κ2) is 10.8. The minimum atomic E-state index is 0.576. The van der Waals surface area contributed by atoms with Crippen LogP contribution in [-0.4, -0.2) is 10.7 Å². The Morgan fingerprint density at radius 1 is 0.800 bits per heavy atom. The van der Waals surface area contributed by atoms with E-state index in [1.807, 2.05) is 38.1 Å². The molecule has 0 atom stereocenters. The molecule has 7 rings (SSSR count). The summed E-state index contributed by atoms with van der Waals surface area (Å²) < 4.78 is 13.4. The number of fused-ring (bicyclic) bond motifs is 3. The highest BCUT2D eigenvalue weighted by Crippen LogP contribution is 2.43. The Morgan fingerprint density at radius 3 is 2.20 bits per heavy atom. The molecule has 5 heteroatoms. The van der Waals surface area contributed by atoms with Crippen molar-refractivity contribution in [2.45, 2.75) is 41.5 Å². The Bertz CT molecular complexity index is 2280. The van der Waals surface area contributed by atoms with Gasteiger partial charge in [-0.2, -0.15) is 5.26 Å². The van der Waals surface area contributed by atoms with Crippen LogP contribution in [0, 0.1) is 39.0 Å². The SMILES string of the molecule is CC1=N/C(=C(/Oc2c(C)cc(-c3ccccc3)cc2C)c2[nH]c(C)c(-c3cccc4c3oc3ccccc34)c2C)C(C)=C1C#N. The molecule has 0 fully saturated rings. The summed E-state index contributed by atoms with van der Waals surface area (Å²) in [5.74, 6) is 1.37. The van der Waals surface area contributed by atoms with Crippen molar-refractivity contribution >= 4 is 33.4 Å². The highest BCUT2D eigenvalue weighted by atomic mass is 16.5. The fourth-order valence-corrected chi connectivity index (χ4v) is 6.64. The van der Waals surface area contributed by atoms with Crippen LogP contribution in [0.3, 0.4) is 0 Å². The maximum atomic E-state index is 9.94.